The fourth-order valence-electron chi connectivity index (χ4n) is 3.00. The standard InChI is InChI=1S/C14H15ClFN/c15-12-3-4-14(13(16)7-12)17-8-11-6-9-1-2-10(11)5-9/h1-4,7,9-11,17H,5-6,8H2. The van der Waals surface area contributed by atoms with E-state index in [1.165, 1.54) is 18.9 Å². The fraction of sp³-hybridized carbons (Fsp3) is 0.429. The van der Waals surface area contributed by atoms with Gasteiger partial charge in [0.2, 0.25) is 0 Å². The maximum Gasteiger partial charge on any atom is 0.147 e. The summed E-state index contributed by atoms with van der Waals surface area (Å²) in [5.41, 5.74) is 0.557. The highest BCUT2D eigenvalue weighted by molar-refractivity contribution is 6.30. The molecule has 17 heavy (non-hydrogen) atoms. The zero-order valence-electron chi connectivity index (χ0n) is 9.50. The molecule has 1 aromatic rings. The number of allylic oxidation sites excluding steroid dienone is 2. The number of fused-ring (bicyclic) bond motifs is 2. The van der Waals surface area contributed by atoms with Crippen molar-refractivity contribution in [2.24, 2.45) is 17.8 Å². The highest BCUT2D eigenvalue weighted by Gasteiger charge is 2.35. The number of benzene rings is 1. The largest absolute Gasteiger partial charge is 0.382 e. The number of hydrogen-bond donors (Lipinski definition) is 1. The third kappa shape index (κ3) is 2.19. The van der Waals surface area contributed by atoms with Crippen LogP contribution in [0.4, 0.5) is 10.1 Å². The molecule has 1 aromatic carbocycles. The minimum Gasteiger partial charge on any atom is -0.382 e. The molecule has 0 aliphatic heterocycles. The highest BCUT2D eigenvalue weighted by Crippen LogP contribution is 2.43. The van der Waals surface area contributed by atoms with Gasteiger partial charge in [-0.1, -0.05) is 23.8 Å². The first-order chi connectivity index (χ1) is 8.22. The van der Waals surface area contributed by atoms with E-state index in [1.807, 2.05) is 0 Å². The monoisotopic (exact) mass is 251 g/mol. The molecule has 0 saturated heterocycles. The van der Waals surface area contributed by atoms with E-state index in [4.69, 9.17) is 11.6 Å². The van der Waals surface area contributed by atoms with Crippen LogP contribution in [0.15, 0.2) is 30.4 Å². The first kappa shape index (κ1) is 11.1. The van der Waals surface area contributed by atoms with Crippen molar-refractivity contribution in [3.05, 3.63) is 41.2 Å². The third-order valence-electron chi connectivity index (χ3n) is 3.90. The summed E-state index contributed by atoms with van der Waals surface area (Å²) in [6.45, 7) is 0.851. The number of anilines is 1. The number of rotatable bonds is 3. The normalized spacial score (nSPS) is 29.9. The topological polar surface area (TPSA) is 12.0 Å². The first-order valence-electron chi connectivity index (χ1n) is 6.09. The van der Waals surface area contributed by atoms with E-state index < -0.39 is 0 Å². The molecule has 2 aliphatic rings. The molecule has 0 amide bonds. The summed E-state index contributed by atoms with van der Waals surface area (Å²) in [5.74, 6) is 1.85. The van der Waals surface area contributed by atoms with Gasteiger partial charge in [-0.3, -0.25) is 0 Å². The predicted molar refractivity (Wildman–Crippen MR) is 68.7 cm³/mol. The van der Waals surface area contributed by atoms with Gasteiger partial charge in [0.1, 0.15) is 5.82 Å². The summed E-state index contributed by atoms with van der Waals surface area (Å²) >= 11 is 5.72. The number of nitrogens with one attached hydrogen (secondary N) is 1. The van der Waals surface area contributed by atoms with Crippen molar-refractivity contribution in [3.8, 4) is 0 Å². The molecular weight excluding hydrogens is 237 g/mol. The van der Waals surface area contributed by atoms with E-state index in [-0.39, 0.29) is 5.82 Å². The van der Waals surface area contributed by atoms with E-state index in [1.54, 1.807) is 12.1 Å². The Bertz CT molecular complexity index is 458. The Morgan fingerprint density at radius 3 is 2.82 bits per heavy atom. The van der Waals surface area contributed by atoms with Crippen LogP contribution in [0.3, 0.4) is 0 Å². The highest BCUT2D eigenvalue weighted by atomic mass is 35.5. The SMILES string of the molecule is Fc1cc(Cl)ccc1NCC1CC2C=CC1C2. The van der Waals surface area contributed by atoms with E-state index in [9.17, 15) is 4.39 Å². The van der Waals surface area contributed by atoms with Crippen molar-refractivity contribution < 1.29 is 4.39 Å². The van der Waals surface area contributed by atoms with Crippen molar-refractivity contribution in [2.75, 3.05) is 11.9 Å². The molecule has 2 aliphatic carbocycles. The van der Waals surface area contributed by atoms with Crippen molar-refractivity contribution in [3.63, 3.8) is 0 Å². The summed E-state index contributed by atoms with van der Waals surface area (Å²) < 4.78 is 13.6. The minimum absolute atomic E-state index is 0.267. The molecule has 1 saturated carbocycles. The average molecular weight is 252 g/mol. The smallest absolute Gasteiger partial charge is 0.147 e. The summed E-state index contributed by atoms with van der Waals surface area (Å²) in [4.78, 5) is 0. The van der Waals surface area contributed by atoms with Crippen LogP contribution in [0.25, 0.3) is 0 Å². The second kappa shape index (κ2) is 4.34. The zero-order chi connectivity index (χ0) is 11.8. The lowest BCUT2D eigenvalue weighted by atomic mass is 9.93. The molecule has 1 N–H and O–H groups in total. The van der Waals surface area contributed by atoms with Crippen molar-refractivity contribution >= 4 is 17.3 Å². The number of hydrogen-bond acceptors (Lipinski definition) is 1. The lowest BCUT2D eigenvalue weighted by molar-refractivity contribution is 0.470. The molecule has 90 valence electrons. The molecule has 3 atom stereocenters. The van der Waals surface area contributed by atoms with Crippen LogP contribution in [0.2, 0.25) is 5.02 Å². The lowest BCUT2D eigenvalue weighted by Crippen LogP contribution is -2.18. The molecule has 0 aromatic heterocycles. The van der Waals surface area contributed by atoms with Crippen LogP contribution >= 0.6 is 11.6 Å². The molecular formula is C14H15ClFN. The fourth-order valence-corrected chi connectivity index (χ4v) is 3.16. The predicted octanol–water partition coefficient (Wildman–Crippen LogP) is 4.10. The second-order valence-electron chi connectivity index (χ2n) is 5.05. The van der Waals surface area contributed by atoms with Gasteiger partial charge in [-0.15, -0.1) is 0 Å². The summed E-state index contributed by atoms with van der Waals surface area (Å²) in [6.07, 6.45) is 7.17. The maximum atomic E-state index is 13.6. The Morgan fingerprint density at radius 2 is 2.18 bits per heavy atom. The van der Waals surface area contributed by atoms with E-state index in [2.05, 4.69) is 17.5 Å². The van der Waals surface area contributed by atoms with Gasteiger partial charge in [0.15, 0.2) is 0 Å². The molecule has 3 unspecified atom stereocenters. The molecule has 3 heteroatoms. The summed E-state index contributed by atoms with van der Waals surface area (Å²) in [5, 5.41) is 3.64. The van der Waals surface area contributed by atoms with Crippen molar-refractivity contribution in [1.82, 2.24) is 0 Å². The molecule has 2 bridgehead atoms. The van der Waals surface area contributed by atoms with Crippen LogP contribution in [0.1, 0.15) is 12.8 Å². The van der Waals surface area contributed by atoms with Crippen LogP contribution in [-0.4, -0.2) is 6.54 Å². The molecule has 0 heterocycles. The van der Waals surface area contributed by atoms with E-state index >= 15 is 0 Å². The Hall–Kier alpha value is -1.02. The van der Waals surface area contributed by atoms with Crippen LogP contribution < -0.4 is 5.32 Å². The van der Waals surface area contributed by atoms with Gasteiger partial charge in [-0.25, -0.2) is 4.39 Å². The Kier molecular flexibility index (Phi) is 2.83. The minimum atomic E-state index is -0.267. The second-order valence-corrected chi connectivity index (χ2v) is 5.48. The van der Waals surface area contributed by atoms with Gasteiger partial charge in [0.25, 0.3) is 0 Å². The number of halogens is 2. The summed E-state index contributed by atoms with van der Waals surface area (Å²) in [7, 11) is 0. The van der Waals surface area contributed by atoms with Crippen LogP contribution in [0, 0.1) is 23.6 Å². The molecule has 3 rings (SSSR count). The zero-order valence-corrected chi connectivity index (χ0v) is 10.3. The maximum absolute atomic E-state index is 13.6. The average Bonchev–Trinajstić information content (AvgIpc) is 2.89. The van der Waals surface area contributed by atoms with Gasteiger partial charge in [0.05, 0.1) is 5.69 Å². The molecule has 0 spiro atoms. The lowest BCUT2D eigenvalue weighted by Gasteiger charge is -2.19. The van der Waals surface area contributed by atoms with Gasteiger partial charge in [0, 0.05) is 11.6 Å². The Labute approximate surface area is 106 Å². The molecule has 0 radical (unpaired) electrons. The molecule has 1 fully saturated rings. The first-order valence-corrected chi connectivity index (χ1v) is 6.47. The van der Waals surface area contributed by atoms with E-state index in [0.29, 0.717) is 22.5 Å². The van der Waals surface area contributed by atoms with Crippen LogP contribution in [0.5, 0.6) is 0 Å². The Morgan fingerprint density at radius 1 is 1.29 bits per heavy atom. The quantitative estimate of drug-likeness (QED) is 0.798. The van der Waals surface area contributed by atoms with Gasteiger partial charge in [-0.05, 0) is 48.8 Å². The van der Waals surface area contributed by atoms with E-state index in [0.717, 1.165) is 12.5 Å². The summed E-state index contributed by atoms with van der Waals surface area (Å²) in [6, 6.07) is 4.78. The molecule has 1 nitrogen and oxygen atoms in total. The van der Waals surface area contributed by atoms with Gasteiger partial charge < -0.3 is 5.32 Å². The van der Waals surface area contributed by atoms with Crippen LogP contribution in [-0.2, 0) is 0 Å². The Balaban J connectivity index is 1.62. The van der Waals surface area contributed by atoms with Crippen molar-refractivity contribution in [1.29, 1.82) is 0 Å². The van der Waals surface area contributed by atoms with Gasteiger partial charge in [-0.2, -0.15) is 0 Å². The third-order valence-corrected chi connectivity index (χ3v) is 4.14. The van der Waals surface area contributed by atoms with Crippen molar-refractivity contribution in [2.45, 2.75) is 12.8 Å². The van der Waals surface area contributed by atoms with Gasteiger partial charge >= 0.3 is 0 Å².